The highest BCUT2D eigenvalue weighted by molar-refractivity contribution is 6.26. The van der Waals surface area contributed by atoms with Gasteiger partial charge in [-0.1, -0.05) is 127 Å². The Morgan fingerprint density at radius 1 is 0.260 bits per heavy atom. The van der Waals surface area contributed by atoms with Crippen LogP contribution >= 0.6 is 0 Å². The molecule has 12 rings (SSSR count). The van der Waals surface area contributed by atoms with Crippen molar-refractivity contribution in [3.05, 3.63) is 170 Å². The van der Waals surface area contributed by atoms with Crippen molar-refractivity contribution in [1.82, 2.24) is 8.97 Å². The van der Waals surface area contributed by atoms with Crippen LogP contribution < -0.4 is 0 Å². The molecule has 2 heteroatoms. The van der Waals surface area contributed by atoms with Crippen molar-refractivity contribution in [2.75, 3.05) is 0 Å². The van der Waals surface area contributed by atoms with Gasteiger partial charge in [-0.05, 0) is 85.9 Å². The van der Waals surface area contributed by atoms with Crippen LogP contribution in [0.1, 0.15) is 0 Å². The van der Waals surface area contributed by atoms with Gasteiger partial charge in [-0.25, -0.2) is 0 Å². The normalized spacial score (nSPS) is 12.4. The molecule has 9 aromatic carbocycles. The number of para-hydroxylation sites is 3. The summed E-state index contributed by atoms with van der Waals surface area (Å²) in [6, 6.07) is 63.0. The van der Waals surface area contributed by atoms with Crippen molar-refractivity contribution in [2.45, 2.75) is 0 Å². The Bertz CT molecular complexity index is 3340. The maximum absolute atomic E-state index is 2.47. The minimum atomic E-state index is 1.18. The Morgan fingerprint density at radius 3 is 1.46 bits per heavy atom. The fourth-order valence-electron chi connectivity index (χ4n) is 9.08. The summed E-state index contributed by atoms with van der Waals surface area (Å²) in [6.45, 7) is 0. The van der Waals surface area contributed by atoms with E-state index in [0.29, 0.717) is 0 Å². The molecule has 0 atom stereocenters. The zero-order valence-corrected chi connectivity index (χ0v) is 27.1. The fourth-order valence-corrected chi connectivity index (χ4v) is 9.08. The second kappa shape index (κ2) is 9.49. The maximum atomic E-state index is 2.47. The van der Waals surface area contributed by atoms with Gasteiger partial charge >= 0.3 is 0 Å². The summed E-state index contributed by atoms with van der Waals surface area (Å²) in [6.07, 6.45) is 0. The van der Waals surface area contributed by atoms with Crippen LogP contribution in [0.3, 0.4) is 0 Å². The molecule has 0 N–H and O–H groups in total. The molecule has 0 aliphatic rings. The molecule has 0 unspecified atom stereocenters. The average Bonchev–Trinajstić information content (AvgIpc) is 3.82. The van der Waals surface area contributed by atoms with Crippen molar-refractivity contribution < 1.29 is 0 Å². The average molecular weight is 633 g/mol. The van der Waals surface area contributed by atoms with E-state index in [1.54, 1.807) is 0 Å². The molecular formula is C48H28N2. The summed E-state index contributed by atoms with van der Waals surface area (Å²) in [4.78, 5) is 0. The van der Waals surface area contributed by atoms with Crippen LogP contribution in [-0.2, 0) is 0 Å². The van der Waals surface area contributed by atoms with Gasteiger partial charge in [0.2, 0.25) is 0 Å². The van der Waals surface area contributed by atoms with Gasteiger partial charge in [-0.15, -0.1) is 0 Å². The largest absolute Gasteiger partial charge is 0.309 e. The van der Waals surface area contributed by atoms with Crippen LogP contribution in [0.5, 0.6) is 0 Å². The molecular weight excluding hydrogens is 605 g/mol. The molecule has 0 radical (unpaired) electrons. The molecule has 0 bridgehead atoms. The summed E-state index contributed by atoms with van der Waals surface area (Å²) in [5, 5.41) is 15.5. The first kappa shape index (κ1) is 26.3. The molecule has 0 saturated heterocycles. The maximum Gasteiger partial charge on any atom is 0.0620 e. The standard InChI is InChI=1S/C48H28N2/c1-2-12-34-32(10-1)33-11-3-4-13-35(33)42-28-31(22-24-36(34)42)49-44-18-7-6-15-38(44)43-26-29(21-25-46(43)49)30-20-23-39-41-17-9-16-40-37-14-5-8-19-45(37)50(48(40)41)47(39)27-30/h1-28H. The van der Waals surface area contributed by atoms with Crippen LogP contribution in [0.4, 0.5) is 0 Å². The molecule has 0 aliphatic heterocycles. The monoisotopic (exact) mass is 632 g/mol. The van der Waals surface area contributed by atoms with E-state index in [9.17, 15) is 0 Å². The molecule has 230 valence electrons. The minimum Gasteiger partial charge on any atom is -0.309 e. The number of aromatic nitrogens is 2. The highest BCUT2D eigenvalue weighted by atomic mass is 15.0. The van der Waals surface area contributed by atoms with Gasteiger partial charge in [0.25, 0.3) is 0 Å². The summed E-state index contributed by atoms with van der Waals surface area (Å²) < 4.78 is 4.91. The van der Waals surface area contributed by atoms with Gasteiger partial charge in [-0.2, -0.15) is 0 Å². The second-order valence-electron chi connectivity index (χ2n) is 13.7. The number of fused-ring (bicyclic) bond motifs is 15. The first-order valence-electron chi connectivity index (χ1n) is 17.4. The van der Waals surface area contributed by atoms with Crippen molar-refractivity contribution >= 4 is 92.2 Å². The molecule has 0 fully saturated rings. The van der Waals surface area contributed by atoms with E-state index in [0.717, 1.165) is 0 Å². The highest BCUT2D eigenvalue weighted by Gasteiger charge is 2.19. The molecule has 2 nitrogen and oxygen atoms in total. The van der Waals surface area contributed by atoms with E-state index < -0.39 is 0 Å². The topological polar surface area (TPSA) is 9.34 Å². The quantitative estimate of drug-likeness (QED) is 0.168. The Labute approximate surface area is 287 Å². The summed E-state index contributed by atoms with van der Waals surface area (Å²) in [5.41, 5.74) is 9.90. The van der Waals surface area contributed by atoms with Crippen LogP contribution in [0.15, 0.2) is 170 Å². The van der Waals surface area contributed by atoms with E-state index in [2.05, 4.69) is 179 Å². The lowest BCUT2D eigenvalue weighted by atomic mass is 9.94. The Hall–Kier alpha value is -6.64. The predicted octanol–water partition coefficient (Wildman–Crippen LogP) is 13.1. The van der Waals surface area contributed by atoms with Crippen molar-refractivity contribution in [2.24, 2.45) is 0 Å². The molecule has 0 aliphatic carbocycles. The third kappa shape index (κ3) is 3.32. The van der Waals surface area contributed by atoms with Gasteiger partial charge < -0.3 is 8.97 Å². The third-order valence-corrected chi connectivity index (χ3v) is 11.2. The lowest BCUT2D eigenvalue weighted by Crippen LogP contribution is -1.94. The van der Waals surface area contributed by atoms with E-state index >= 15 is 0 Å². The molecule has 0 spiro atoms. The van der Waals surface area contributed by atoms with Crippen molar-refractivity contribution in [1.29, 1.82) is 0 Å². The van der Waals surface area contributed by atoms with Crippen LogP contribution in [0.2, 0.25) is 0 Å². The summed E-state index contributed by atoms with van der Waals surface area (Å²) in [5.74, 6) is 0. The predicted molar refractivity (Wildman–Crippen MR) is 213 cm³/mol. The zero-order valence-electron chi connectivity index (χ0n) is 27.1. The lowest BCUT2D eigenvalue weighted by molar-refractivity contribution is 1.19. The molecule has 3 aromatic heterocycles. The summed E-state index contributed by atoms with van der Waals surface area (Å²) >= 11 is 0. The third-order valence-electron chi connectivity index (χ3n) is 11.2. The van der Waals surface area contributed by atoms with Crippen LogP contribution in [-0.4, -0.2) is 8.97 Å². The minimum absolute atomic E-state index is 1.18. The SMILES string of the molecule is c1ccc2c(c1)c1ccccc1c1cc(-n3c4ccccc4c4cc(-c5ccc6c7cccc8c9ccccc9n(c6c5)c87)ccc43)ccc21. The Balaban J connectivity index is 1.09. The first-order chi connectivity index (χ1) is 24.8. The number of benzene rings is 9. The first-order valence-corrected chi connectivity index (χ1v) is 17.4. The van der Waals surface area contributed by atoms with E-state index in [-0.39, 0.29) is 0 Å². The number of hydrogen-bond acceptors (Lipinski definition) is 0. The van der Waals surface area contributed by atoms with E-state index in [1.807, 2.05) is 0 Å². The van der Waals surface area contributed by atoms with Gasteiger partial charge in [0.1, 0.15) is 0 Å². The molecule has 3 heterocycles. The number of rotatable bonds is 2. The van der Waals surface area contributed by atoms with Crippen LogP contribution in [0, 0.1) is 0 Å². The molecule has 12 aromatic rings. The molecule has 0 saturated carbocycles. The van der Waals surface area contributed by atoms with E-state index in [1.165, 1.54) is 109 Å². The molecule has 50 heavy (non-hydrogen) atoms. The lowest BCUT2D eigenvalue weighted by Gasteiger charge is -2.14. The number of nitrogens with zero attached hydrogens (tertiary/aromatic N) is 2. The smallest absolute Gasteiger partial charge is 0.0620 e. The van der Waals surface area contributed by atoms with Gasteiger partial charge in [0.15, 0.2) is 0 Å². The zero-order chi connectivity index (χ0) is 32.5. The highest BCUT2D eigenvalue weighted by Crippen LogP contribution is 2.42. The van der Waals surface area contributed by atoms with Gasteiger partial charge in [0, 0.05) is 38.0 Å². The second-order valence-corrected chi connectivity index (χ2v) is 13.7. The van der Waals surface area contributed by atoms with Gasteiger partial charge in [0.05, 0.1) is 27.6 Å². The van der Waals surface area contributed by atoms with Gasteiger partial charge in [-0.3, -0.25) is 0 Å². The van der Waals surface area contributed by atoms with E-state index in [4.69, 9.17) is 0 Å². The number of hydrogen-bond donors (Lipinski definition) is 0. The Morgan fingerprint density at radius 2 is 0.740 bits per heavy atom. The molecule has 0 amide bonds. The van der Waals surface area contributed by atoms with Crippen LogP contribution in [0.25, 0.3) is 109 Å². The Kier molecular flexibility index (Phi) is 5.00. The fraction of sp³-hybridized carbons (Fsp3) is 0. The summed E-state index contributed by atoms with van der Waals surface area (Å²) in [7, 11) is 0. The van der Waals surface area contributed by atoms with Crippen molar-refractivity contribution in [3.63, 3.8) is 0 Å². The van der Waals surface area contributed by atoms with Crippen molar-refractivity contribution in [3.8, 4) is 16.8 Å².